The SMILES string of the molecule is CCOC(=O)NNC(=O)C(C(C)C)n1cnc2cc(F)c(F)cc21. The molecular formula is C15H18F2N4O3. The number of carbonyl (C=O) groups excluding carboxylic acids is 2. The molecule has 1 heterocycles. The van der Waals surface area contributed by atoms with E-state index in [2.05, 4.69) is 20.6 Å². The molecule has 1 aromatic carbocycles. The van der Waals surface area contributed by atoms with Gasteiger partial charge in [0, 0.05) is 12.1 Å². The predicted octanol–water partition coefficient (Wildman–Crippen LogP) is 2.29. The van der Waals surface area contributed by atoms with Gasteiger partial charge in [0.15, 0.2) is 11.6 Å². The molecule has 0 saturated carbocycles. The van der Waals surface area contributed by atoms with Gasteiger partial charge in [-0.3, -0.25) is 10.2 Å². The van der Waals surface area contributed by atoms with Gasteiger partial charge in [-0.15, -0.1) is 0 Å². The van der Waals surface area contributed by atoms with Crippen molar-refractivity contribution in [2.24, 2.45) is 5.92 Å². The second kappa shape index (κ2) is 7.24. The van der Waals surface area contributed by atoms with E-state index in [0.717, 1.165) is 12.1 Å². The van der Waals surface area contributed by atoms with Crippen molar-refractivity contribution in [1.29, 1.82) is 0 Å². The van der Waals surface area contributed by atoms with Crippen LogP contribution in [0.1, 0.15) is 26.8 Å². The Labute approximate surface area is 137 Å². The summed E-state index contributed by atoms with van der Waals surface area (Å²) in [4.78, 5) is 27.6. The van der Waals surface area contributed by atoms with Gasteiger partial charge < -0.3 is 9.30 Å². The number of benzene rings is 1. The van der Waals surface area contributed by atoms with Crippen molar-refractivity contribution in [2.45, 2.75) is 26.8 Å². The molecule has 0 radical (unpaired) electrons. The Kier molecular flexibility index (Phi) is 5.32. The number of imidazole rings is 1. The molecule has 2 aromatic rings. The van der Waals surface area contributed by atoms with Crippen molar-refractivity contribution in [1.82, 2.24) is 20.4 Å². The molecule has 2 amide bonds. The number of halogens is 2. The molecule has 0 saturated heterocycles. The number of hydrogen-bond donors (Lipinski definition) is 2. The van der Waals surface area contributed by atoms with Crippen LogP contribution in [0.15, 0.2) is 18.5 Å². The number of fused-ring (bicyclic) bond motifs is 1. The fraction of sp³-hybridized carbons (Fsp3) is 0.400. The molecule has 7 nitrogen and oxygen atoms in total. The summed E-state index contributed by atoms with van der Waals surface area (Å²) >= 11 is 0. The molecule has 24 heavy (non-hydrogen) atoms. The molecule has 2 rings (SSSR count). The van der Waals surface area contributed by atoms with Crippen molar-refractivity contribution >= 4 is 23.0 Å². The molecule has 0 aliphatic heterocycles. The van der Waals surface area contributed by atoms with Crippen LogP contribution in [0.5, 0.6) is 0 Å². The van der Waals surface area contributed by atoms with Crippen molar-refractivity contribution in [3.05, 3.63) is 30.1 Å². The Morgan fingerprint density at radius 1 is 1.25 bits per heavy atom. The van der Waals surface area contributed by atoms with E-state index >= 15 is 0 Å². The molecule has 0 aliphatic carbocycles. The number of nitrogens with zero attached hydrogens (tertiary/aromatic N) is 2. The van der Waals surface area contributed by atoms with Gasteiger partial charge in [-0.1, -0.05) is 13.8 Å². The highest BCUT2D eigenvalue weighted by atomic mass is 19.2. The van der Waals surface area contributed by atoms with Crippen LogP contribution in [0.2, 0.25) is 0 Å². The normalized spacial score (nSPS) is 12.2. The van der Waals surface area contributed by atoms with E-state index in [0.29, 0.717) is 0 Å². The second-order valence-corrected chi connectivity index (χ2v) is 5.43. The summed E-state index contributed by atoms with van der Waals surface area (Å²) in [5.41, 5.74) is 4.87. The fourth-order valence-electron chi connectivity index (χ4n) is 2.35. The van der Waals surface area contributed by atoms with Crippen molar-refractivity contribution < 1.29 is 23.1 Å². The van der Waals surface area contributed by atoms with Crippen LogP contribution in [0.3, 0.4) is 0 Å². The highest BCUT2D eigenvalue weighted by Gasteiger charge is 2.26. The standard InChI is InChI=1S/C15H18F2N4O3/c1-4-24-15(23)20-19-14(22)13(8(2)3)21-7-18-11-5-9(16)10(17)6-12(11)21/h5-8,13H,4H2,1-3H3,(H,19,22)(H,20,23). The van der Waals surface area contributed by atoms with Gasteiger partial charge in [-0.25, -0.2) is 24.0 Å². The van der Waals surface area contributed by atoms with Gasteiger partial charge in [0.05, 0.1) is 24.0 Å². The zero-order valence-electron chi connectivity index (χ0n) is 13.5. The second-order valence-electron chi connectivity index (χ2n) is 5.43. The lowest BCUT2D eigenvalue weighted by Gasteiger charge is -2.22. The molecule has 1 atom stereocenters. The first-order valence-electron chi connectivity index (χ1n) is 7.39. The number of amides is 2. The van der Waals surface area contributed by atoms with Crippen LogP contribution in [-0.2, 0) is 9.53 Å². The van der Waals surface area contributed by atoms with Gasteiger partial charge in [-0.2, -0.15) is 0 Å². The first-order chi connectivity index (χ1) is 11.3. The first-order valence-corrected chi connectivity index (χ1v) is 7.39. The maximum Gasteiger partial charge on any atom is 0.426 e. The Balaban J connectivity index is 2.29. The van der Waals surface area contributed by atoms with Crippen molar-refractivity contribution in [3.63, 3.8) is 0 Å². The summed E-state index contributed by atoms with van der Waals surface area (Å²) in [7, 11) is 0. The van der Waals surface area contributed by atoms with E-state index in [1.54, 1.807) is 20.8 Å². The number of rotatable bonds is 4. The molecule has 0 spiro atoms. The van der Waals surface area contributed by atoms with Crippen LogP contribution in [0, 0.1) is 17.6 Å². The first kappa shape index (κ1) is 17.6. The number of nitrogens with one attached hydrogen (secondary N) is 2. The third-order valence-electron chi connectivity index (χ3n) is 3.38. The summed E-state index contributed by atoms with van der Waals surface area (Å²) in [6, 6.07) is 1.16. The molecule has 0 aliphatic rings. The Hall–Kier alpha value is -2.71. The van der Waals surface area contributed by atoms with Gasteiger partial charge >= 0.3 is 6.09 Å². The minimum absolute atomic E-state index is 0.159. The third-order valence-corrected chi connectivity index (χ3v) is 3.38. The molecule has 0 bridgehead atoms. The Morgan fingerprint density at radius 2 is 1.92 bits per heavy atom. The van der Waals surface area contributed by atoms with Crippen LogP contribution < -0.4 is 10.9 Å². The monoisotopic (exact) mass is 340 g/mol. The summed E-state index contributed by atoms with van der Waals surface area (Å²) in [6.07, 6.45) is 0.537. The lowest BCUT2D eigenvalue weighted by atomic mass is 10.0. The maximum absolute atomic E-state index is 13.5. The molecule has 2 N–H and O–H groups in total. The van der Waals surface area contributed by atoms with E-state index < -0.39 is 29.7 Å². The van der Waals surface area contributed by atoms with Gasteiger partial charge in [0.1, 0.15) is 6.04 Å². The van der Waals surface area contributed by atoms with E-state index in [1.807, 2.05) is 0 Å². The van der Waals surface area contributed by atoms with Crippen molar-refractivity contribution in [2.75, 3.05) is 6.61 Å². The highest BCUT2D eigenvalue weighted by Crippen LogP contribution is 2.25. The largest absolute Gasteiger partial charge is 0.449 e. The average Bonchev–Trinajstić information content (AvgIpc) is 2.88. The number of hydrazine groups is 1. The quantitative estimate of drug-likeness (QED) is 0.836. The van der Waals surface area contributed by atoms with Crippen LogP contribution in [0.4, 0.5) is 13.6 Å². The minimum atomic E-state index is -1.03. The summed E-state index contributed by atoms with van der Waals surface area (Å²) in [5, 5.41) is 0. The number of carbonyl (C=O) groups is 2. The van der Waals surface area contributed by atoms with E-state index in [4.69, 9.17) is 0 Å². The Bertz CT molecular complexity index is 761. The van der Waals surface area contributed by atoms with Crippen molar-refractivity contribution in [3.8, 4) is 0 Å². The summed E-state index contributed by atoms with van der Waals surface area (Å²) in [5.74, 6) is -2.79. The summed E-state index contributed by atoms with van der Waals surface area (Å²) < 4.78 is 32.9. The fourth-order valence-corrected chi connectivity index (χ4v) is 2.35. The predicted molar refractivity (Wildman–Crippen MR) is 81.8 cm³/mol. The van der Waals surface area contributed by atoms with Crippen LogP contribution >= 0.6 is 0 Å². The Morgan fingerprint density at radius 3 is 2.54 bits per heavy atom. The zero-order chi connectivity index (χ0) is 17.9. The molecule has 0 fully saturated rings. The maximum atomic E-state index is 13.5. The molecule has 130 valence electrons. The third kappa shape index (κ3) is 3.61. The average molecular weight is 340 g/mol. The topological polar surface area (TPSA) is 85.3 Å². The minimum Gasteiger partial charge on any atom is -0.449 e. The van der Waals surface area contributed by atoms with Gasteiger partial charge in [0.2, 0.25) is 0 Å². The number of aromatic nitrogens is 2. The lowest BCUT2D eigenvalue weighted by molar-refractivity contribution is -0.126. The lowest BCUT2D eigenvalue weighted by Crippen LogP contribution is -2.46. The number of hydrogen-bond acceptors (Lipinski definition) is 4. The van der Waals surface area contributed by atoms with E-state index in [1.165, 1.54) is 10.9 Å². The van der Waals surface area contributed by atoms with E-state index in [9.17, 15) is 18.4 Å². The smallest absolute Gasteiger partial charge is 0.426 e. The number of ether oxygens (including phenoxy) is 1. The highest BCUT2D eigenvalue weighted by molar-refractivity contribution is 5.85. The molecular weight excluding hydrogens is 322 g/mol. The van der Waals surface area contributed by atoms with Gasteiger partial charge in [0.25, 0.3) is 5.91 Å². The van der Waals surface area contributed by atoms with Crippen LogP contribution in [-0.4, -0.2) is 28.2 Å². The molecule has 9 heteroatoms. The molecule has 1 aromatic heterocycles. The van der Waals surface area contributed by atoms with Gasteiger partial charge in [-0.05, 0) is 12.8 Å². The zero-order valence-corrected chi connectivity index (χ0v) is 13.5. The van der Waals surface area contributed by atoms with Crippen LogP contribution in [0.25, 0.3) is 11.0 Å². The molecule has 1 unspecified atom stereocenters. The van der Waals surface area contributed by atoms with E-state index in [-0.39, 0.29) is 23.6 Å². The summed E-state index contributed by atoms with van der Waals surface area (Å²) in [6.45, 7) is 5.34.